The van der Waals surface area contributed by atoms with Crippen molar-refractivity contribution in [2.24, 2.45) is 5.92 Å². The van der Waals surface area contributed by atoms with Gasteiger partial charge in [-0.2, -0.15) is 0 Å². The van der Waals surface area contributed by atoms with E-state index in [1.54, 1.807) is 0 Å². The Labute approximate surface area is 156 Å². The van der Waals surface area contributed by atoms with E-state index in [1.807, 2.05) is 19.0 Å². The molecule has 0 saturated carbocycles. The Balaban J connectivity index is 0.00000144. The number of halogens is 2. The second kappa shape index (κ2) is 9.22. The SMILES string of the molecule is CN(C)CCN1CC(C(=O)NC2CC3CCC(C2)N3)CC1=O.Cl.Cl. The van der Waals surface area contributed by atoms with Crippen LogP contribution in [0.1, 0.15) is 32.1 Å². The number of likely N-dealkylation sites (N-methyl/N-ethyl adjacent to an activating group) is 1. The number of carbonyl (C=O) groups is 2. The summed E-state index contributed by atoms with van der Waals surface area (Å²) in [4.78, 5) is 28.4. The highest BCUT2D eigenvalue weighted by Gasteiger charge is 2.38. The number of carbonyl (C=O) groups excluding carboxylic acids is 2. The molecule has 3 fully saturated rings. The predicted octanol–water partition coefficient (Wildman–Crippen LogP) is 0.639. The Morgan fingerprint density at radius 1 is 1.25 bits per heavy atom. The van der Waals surface area contributed by atoms with Crippen molar-refractivity contribution in [2.45, 2.75) is 50.2 Å². The van der Waals surface area contributed by atoms with Gasteiger partial charge in [-0.05, 0) is 39.8 Å². The van der Waals surface area contributed by atoms with Crippen molar-refractivity contribution in [3.63, 3.8) is 0 Å². The number of nitrogens with one attached hydrogen (secondary N) is 2. The van der Waals surface area contributed by atoms with Crippen molar-refractivity contribution < 1.29 is 9.59 Å². The summed E-state index contributed by atoms with van der Waals surface area (Å²) in [5, 5.41) is 6.79. The zero-order chi connectivity index (χ0) is 15.7. The van der Waals surface area contributed by atoms with Crippen molar-refractivity contribution in [3.05, 3.63) is 0 Å². The van der Waals surface area contributed by atoms with Gasteiger partial charge >= 0.3 is 0 Å². The van der Waals surface area contributed by atoms with Crippen molar-refractivity contribution in [2.75, 3.05) is 33.7 Å². The molecule has 3 unspecified atom stereocenters. The Bertz CT molecular complexity index is 438. The molecule has 0 aromatic rings. The number of hydrogen-bond donors (Lipinski definition) is 2. The van der Waals surface area contributed by atoms with E-state index in [9.17, 15) is 9.59 Å². The highest BCUT2D eigenvalue weighted by Crippen LogP contribution is 2.27. The molecule has 8 heteroatoms. The first-order valence-corrected chi connectivity index (χ1v) is 8.50. The van der Waals surface area contributed by atoms with E-state index in [1.165, 1.54) is 12.8 Å². The molecule has 140 valence electrons. The lowest BCUT2D eigenvalue weighted by Crippen LogP contribution is -2.49. The second-order valence-corrected chi connectivity index (χ2v) is 7.36. The first kappa shape index (κ1) is 21.5. The van der Waals surface area contributed by atoms with E-state index < -0.39 is 0 Å². The standard InChI is InChI=1S/C16H28N4O2.2ClH/c1-19(2)5-6-20-10-11(7-15(20)21)16(22)18-14-8-12-3-4-13(9-14)17-12;;/h11-14,17H,3-10H2,1-2H3,(H,18,22);2*1H. The minimum absolute atomic E-state index is 0. The third kappa shape index (κ3) is 5.22. The molecule has 0 aliphatic carbocycles. The number of fused-ring (bicyclic) bond motifs is 2. The molecule has 6 nitrogen and oxygen atoms in total. The lowest BCUT2D eigenvalue weighted by atomic mass is 9.98. The van der Waals surface area contributed by atoms with Crippen LogP contribution in [0.2, 0.25) is 0 Å². The molecule has 3 aliphatic heterocycles. The lowest BCUT2D eigenvalue weighted by molar-refractivity contribution is -0.129. The van der Waals surface area contributed by atoms with Gasteiger partial charge in [0.2, 0.25) is 11.8 Å². The third-order valence-corrected chi connectivity index (χ3v) is 5.22. The summed E-state index contributed by atoms with van der Waals surface area (Å²) in [5.74, 6) is 0.0292. The highest BCUT2D eigenvalue weighted by atomic mass is 35.5. The molecule has 3 saturated heterocycles. The van der Waals surface area contributed by atoms with Crippen LogP contribution in [0.4, 0.5) is 0 Å². The van der Waals surface area contributed by atoms with E-state index in [4.69, 9.17) is 0 Å². The zero-order valence-electron chi connectivity index (χ0n) is 14.5. The summed E-state index contributed by atoms with van der Waals surface area (Å²) in [6.07, 6.45) is 4.91. The van der Waals surface area contributed by atoms with E-state index in [0.717, 1.165) is 19.4 Å². The Kier molecular flexibility index (Phi) is 8.26. The fourth-order valence-corrected chi connectivity index (χ4v) is 3.98. The van der Waals surface area contributed by atoms with Gasteiger partial charge in [-0.15, -0.1) is 24.8 Å². The molecule has 0 radical (unpaired) electrons. The van der Waals surface area contributed by atoms with Gasteiger partial charge in [0, 0.05) is 44.2 Å². The van der Waals surface area contributed by atoms with Crippen LogP contribution in [-0.4, -0.2) is 73.5 Å². The molecule has 3 rings (SSSR count). The molecule has 0 aromatic carbocycles. The summed E-state index contributed by atoms with van der Waals surface area (Å²) < 4.78 is 0. The second-order valence-electron chi connectivity index (χ2n) is 7.36. The van der Waals surface area contributed by atoms with Crippen LogP contribution in [0.5, 0.6) is 0 Å². The van der Waals surface area contributed by atoms with Gasteiger partial charge in [0.25, 0.3) is 0 Å². The molecule has 3 atom stereocenters. The fraction of sp³-hybridized carbons (Fsp3) is 0.875. The minimum Gasteiger partial charge on any atom is -0.353 e. The number of piperidine rings is 1. The van der Waals surface area contributed by atoms with Gasteiger partial charge in [0.05, 0.1) is 5.92 Å². The van der Waals surface area contributed by atoms with Gasteiger partial charge in [0.1, 0.15) is 0 Å². The maximum absolute atomic E-state index is 12.5. The van der Waals surface area contributed by atoms with Gasteiger partial charge in [-0.3, -0.25) is 9.59 Å². The van der Waals surface area contributed by atoms with Crippen LogP contribution < -0.4 is 10.6 Å². The van der Waals surface area contributed by atoms with Crippen LogP contribution in [0.25, 0.3) is 0 Å². The summed E-state index contributed by atoms with van der Waals surface area (Å²) >= 11 is 0. The normalized spacial score (nSPS) is 31.6. The number of nitrogens with zero attached hydrogens (tertiary/aromatic N) is 2. The molecular formula is C16H30Cl2N4O2. The van der Waals surface area contributed by atoms with Gasteiger partial charge < -0.3 is 20.4 Å². The van der Waals surface area contributed by atoms with E-state index in [0.29, 0.717) is 31.6 Å². The Morgan fingerprint density at radius 3 is 2.46 bits per heavy atom. The van der Waals surface area contributed by atoms with Gasteiger partial charge in [0.15, 0.2) is 0 Å². The lowest BCUT2D eigenvalue weighted by Gasteiger charge is -2.30. The van der Waals surface area contributed by atoms with E-state index in [-0.39, 0.29) is 48.6 Å². The quantitative estimate of drug-likeness (QED) is 0.734. The molecule has 2 amide bonds. The van der Waals surface area contributed by atoms with Crippen LogP contribution in [0.3, 0.4) is 0 Å². The van der Waals surface area contributed by atoms with E-state index >= 15 is 0 Å². The molecule has 24 heavy (non-hydrogen) atoms. The molecular weight excluding hydrogens is 351 g/mol. The maximum atomic E-state index is 12.5. The van der Waals surface area contributed by atoms with Crippen LogP contribution >= 0.6 is 24.8 Å². The zero-order valence-corrected chi connectivity index (χ0v) is 16.1. The monoisotopic (exact) mass is 380 g/mol. The largest absolute Gasteiger partial charge is 0.353 e. The van der Waals surface area contributed by atoms with Crippen molar-refractivity contribution in [3.8, 4) is 0 Å². The molecule has 0 aromatic heterocycles. The van der Waals surface area contributed by atoms with Crippen molar-refractivity contribution >= 4 is 36.6 Å². The van der Waals surface area contributed by atoms with Crippen molar-refractivity contribution in [1.82, 2.24) is 20.4 Å². The molecule has 3 heterocycles. The summed E-state index contributed by atoms with van der Waals surface area (Å²) in [6, 6.07) is 1.44. The number of amides is 2. The van der Waals surface area contributed by atoms with Gasteiger partial charge in [-0.25, -0.2) is 0 Å². The first-order chi connectivity index (χ1) is 10.5. The smallest absolute Gasteiger partial charge is 0.225 e. The third-order valence-electron chi connectivity index (χ3n) is 5.22. The molecule has 2 bridgehead atoms. The van der Waals surface area contributed by atoms with Crippen LogP contribution in [0.15, 0.2) is 0 Å². The Hall–Kier alpha value is -0.560. The van der Waals surface area contributed by atoms with Crippen LogP contribution in [0, 0.1) is 5.92 Å². The topological polar surface area (TPSA) is 64.7 Å². The maximum Gasteiger partial charge on any atom is 0.225 e. The predicted molar refractivity (Wildman–Crippen MR) is 98.8 cm³/mol. The fourth-order valence-electron chi connectivity index (χ4n) is 3.98. The minimum atomic E-state index is -0.165. The summed E-state index contributed by atoms with van der Waals surface area (Å²) in [6.45, 7) is 2.14. The highest BCUT2D eigenvalue weighted by molar-refractivity contribution is 5.89. The molecule has 3 aliphatic rings. The number of hydrogen-bond acceptors (Lipinski definition) is 4. The first-order valence-electron chi connectivity index (χ1n) is 8.50. The Morgan fingerprint density at radius 2 is 1.88 bits per heavy atom. The average Bonchev–Trinajstić information content (AvgIpc) is 2.99. The molecule has 2 N–H and O–H groups in total. The van der Waals surface area contributed by atoms with E-state index in [2.05, 4.69) is 15.5 Å². The number of rotatable bonds is 5. The van der Waals surface area contributed by atoms with Crippen LogP contribution in [-0.2, 0) is 9.59 Å². The number of likely N-dealkylation sites (tertiary alicyclic amines) is 1. The summed E-state index contributed by atoms with van der Waals surface area (Å²) in [5.41, 5.74) is 0. The molecule has 0 spiro atoms. The average molecular weight is 381 g/mol. The van der Waals surface area contributed by atoms with Crippen molar-refractivity contribution in [1.29, 1.82) is 0 Å². The van der Waals surface area contributed by atoms with Gasteiger partial charge in [-0.1, -0.05) is 0 Å². The summed E-state index contributed by atoms with van der Waals surface area (Å²) in [7, 11) is 3.99.